The summed E-state index contributed by atoms with van der Waals surface area (Å²) in [5.41, 5.74) is 0. The van der Waals surface area contributed by atoms with Crippen molar-refractivity contribution in [3.05, 3.63) is 22.8 Å². The van der Waals surface area contributed by atoms with E-state index in [1.165, 1.54) is 0 Å². The second kappa shape index (κ2) is 6.25. The van der Waals surface area contributed by atoms with Crippen LogP contribution in [0, 0.1) is 0 Å². The number of hydrogen-bond acceptors (Lipinski definition) is 2. The Kier molecular flexibility index (Phi) is 5.26. The number of rotatable bonds is 5. The Morgan fingerprint density at radius 3 is 2.93 bits per heavy atom. The summed E-state index contributed by atoms with van der Waals surface area (Å²) < 4.78 is 0.997. The molecule has 0 aliphatic carbocycles. The van der Waals surface area contributed by atoms with E-state index in [0.717, 1.165) is 29.0 Å². The van der Waals surface area contributed by atoms with E-state index in [2.05, 4.69) is 33.2 Å². The van der Waals surface area contributed by atoms with Crippen molar-refractivity contribution in [3.8, 4) is 0 Å². The summed E-state index contributed by atoms with van der Waals surface area (Å²) >= 11 is 8.97. The minimum atomic E-state index is 0.419. The van der Waals surface area contributed by atoms with Crippen LogP contribution in [0.2, 0.25) is 0 Å². The van der Waals surface area contributed by atoms with Gasteiger partial charge >= 0.3 is 0 Å². The van der Waals surface area contributed by atoms with Gasteiger partial charge in [-0.1, -0.05) is 0 Å². The van der Waals surface area contributed by atoms with E-state index in [1.54, 1.807) is 6.20 Å². The van der Waals surface area contributed by atoms with Gasteiger partial charge in [0.05, 0.1) is 0 Å². The molecule has 1 heterocycles. The van der Waals surface area contributed by atoms with Gasteiger partial charge in [0.2, 0.25) is 0 Å². The SMILES string of the molecule is CC(CCCCl)Nc1ccc(Br)cn1. The summed E-state index contributed by atoms with van der Waals surface area (Å²) in [5, 5.41) is 3.31. The molecule has 0 bridgehead atoms. The van der Waals surface area contributed by atoms with Gasteiger partial charge in [-0.15, -0.1) is 11.6 Å². The maximum atomic E-state index is 5.62. The van der Waals surface area contributed by atoms with Crippen LogP contribution in [0.1, 0.15) is 19.8 Å². The molecular weight excluding hydrogens is 263 g/mol. The smallest absolute Gasteiger partial charge is 0.126 e. The Labute approximate surface area is 98.2 Å². The molecule has 78 valence electrons. The van der Waals surface area contributed by atoms with Crippen molar-refractivity contribution in [1.29, 1.82) is 0 Å². The normalized spacial score (nSPS) is 12.5. The summed E-state index contributed by atoms with van der Waals surface area (Å²) in [4.78, 5) is 4.24. The van der Waals surface area contributed by atoms with E-state index in [9.17, 15) is 0 Å². The first-order valence-corrected chi connectivity index (χ1v) is 5.99. The van der Waals surface area contributed by atoms with Gasteiger partial charge < -0.3 is 5.32 Å². The van der Waals surface area contributed by atoms with Gasteiger partial charge in [-0.25, -0.2) is 4.98 Å². The molecule has 2 nitrogen and oxygen atoms in total. The first kappa shape index (κ1) is 11.8. The van der Waals surface area contributed by atoms with Crippen LogP contribution in [0.15, 0.2) is 22.8 Å². The highest BCUT2D eigenvalue weighted by molar-refractivity contribution is 9.10. The number of pyridine rings is 1. The number of nitrogens with one attached hydrogen (secondary N) is 1. The van der Waals surface area contributed by atoms with E-state index in [1.807, 2.05) is 12.1 Å². The maximum absolute atomic E-state index is 5.62. The third-order valence-electron chi connectivity index (χ3n) is 1.89. The molecule has 0 fully saturated rings. The fourth-order valence-electron chi connectivity index (χ4n) is 1.17. The molecule has 0 aliphatic heterocycles. The number of aromatic nitrogens is 1. The molecule has 14 heavy (non-hydrogen) atoms. The molecule has 1 N–H and O–H groups in total. The van der Waals surface area contributed by atoms with Gasteiger partial charge in [0.25, 0.3) is 0 Å². The predicted octanol–water partition coefficient (Wildman–Crippen LogP) is 3.66. The molecule has 1 rings (SSSR count). The Morgan fingerprint density at radius 2 is 2.36 bits per heavy atom. The zero-order valence-corrected chi connectivity index (χ0v) is 10.5. The molecule has 1 unspecified atom stereocenters. The van der Waals surface area contributed by atoms with Crippen LogP contribution in [-0.4, -0.2) is 16.9 Å². The summed E-state index contributed by atoms with van der Waals surface area (Å²) in [6.07, 6.45) is 3.89. The Morgan fingerprint density at radius 1 is 1.57 bits per heavy atom. The average Bonchev–Trinajstić information content (AvgIpc) is 2.18. The monoisotopic (exact) mass is 276 g/mol. The molecule has 1 atom stereocenters. The molecule has 0 amide bonds. The van der Waals surface area contributed by atoms with Crippen LogP contribution in [0.25, 0.3) is 0 Å². The van der Waals surface area contributed by atoms with E-state index in [-0.39, 0.29) is 0 Å². The molecule has 0 saturated heterocycles. The topological polar surface area (TPSA) is 24.9 Å². The lowest BCUT2D eigenvalue weighted by Crippen LogP contribution is -2.15. The number of anilines is 1. The van der Waals surface area contributed by atoms with Crippen molar-refractivity contribution in [2.75, 3.05) is 11.2 Å². The Hall–Kier alpha value is -0.280. The Balaban J connectivity index is 2.39. The third kappa shape index (κ3) is 4.29. The first-order chi connectivity index (χ1) is 6.72. The highest BCUT2D eigenvalue weighted by Crippen LogP contribution is 2.12. The molecule has 1 aromatic rings. The van der Waals surface area contributed by atoms with Gasteiger partial charge in [0.1, 0.15) is 5.82 Å². The van der Waals surface area contributed by atoms with E-state index in [0.29, 0.717) is 6.04 Å². The average molecular weight is 278 g/mol. The largest absolute Gasteiger partial charge is 0.368 e. The summed E-state index contributed by atoms with van der Waals surface area (Å²) in [6, 6.07) is 4.35. The van der Waals surface area contributed by atoms with Crippen molar-refractivity contribution in [1.82, 2.24) is 4.98 Å². The molecule has 0 radical (unpaired) electrons. The number of halogens is 2. The molecular formula is C10H14BrClN2. The first-order valence-electron chi connectivity index (χ1n) is 4.66. The fraction of sp³-hybridized carbons (Fsp3) is 0.500. The fourth-order valence-corrected chi connectivity index (χ4v) is 1.56. The third-order valence-corrected chi connectivity index (χ3v) is 2.63. The zero-order valence-electron chi connectivity index (χ0n) is 8.13. The van der Waals surface area contributed by atoms with Crippen LogP contribution in [0.4, 0.5) is 5.82 Å². The van der Waals surface area contributed by atoms with Crippen LogP contribution in [0.5, 0.6) is 0 Å². The molecule has 0 aliphatic rings. The number of nitrogens with zero attached hydrogens (tertiary/aromatic N) is 1. The van der Waals surface area contributed by atoms with Crippen LogP contribution >= 0.6 is 27.5 Å². The van der Waals surface area contributed by atoms with Crippen molar-refractivity contribution in [2.24, 2.45) is 0 Å². The van der Waals surface area contributed by atoms with E-state index >= 15 is 0 Å². The minimum absolute atomic E-state index is 0.419. The summed E-state index contributed by atoms with van der Waals surface area (Å²) in [7, 11) is 0. The molecule has 4 heteroatoms. The maximum Gasteiger partial charge on any atom is 0.126 e. The quantitative estimate of drug-likeness (QED) is 0.831. The molecule has 0 aromatic carbocycles. The minimum Gasteiger partial charge on any atom is -0.368 e. The molecule has 0 saturated carbocycles. The lowest BCUT2D eigenvalue weighted by molar-refractivity contribution is 0.690. The number of alkyl halides is 1. The second-order valence-corrected chi connectivity index (χ2v) is 4.53. The van der Waals surface area contributed by atoms with Gasteiger partial charge in [0, 0.05) is 22.6 Å². The van der Waals surface area contributed by atoms with Crippen molar-refractivity contribution >= 4 is 33.3 Å². The standard InChI is InChI=1S/C10H14BrClN2/c1-8(3-2-6-12)14-10-5-4-9(11)7-13-10/h4-5,7-8H,2-3,6H2,1H3,(H,13,14). The zero-order chi connectivity index (χ0) is 10.4. The predicted molar refractivity (Wildman–Crippen MR) is 65.0 cm³/mol. The summed E-state index contributed by atoms with van der Waals surface area (Å²) in [6.45, 7) is 2.14. The van der Waals surface area contributed by atoms with Crippen molar-refractivity contribution in [3.63, 3.8) is 0 Å². The Bertz CT molecular complexity index is 263. The highest BCUT2D eigenvalue weighted by atomic mass is 79.9. The molecule has 1 aromatic heterocycles. The lowest BCUT2D eigenvalue weighted by atomic mass is 10.2. The van der Waals surface area contributed by atoms with Gasteiger partial charge in [0.15, 0.2) is 0 Å². The summed E-state index contributed by atoms with van der Waals surface area (Å²) in [5.74, 6) is 1.63. The van der Waals surface area contributed by atoms with Gasteiger partial charge in [-0.05, 0) is 47.8 Å². The number of hydrogen-bond donors (Lipinski definition) is 1. The lowest BCUT2D eigenvalue weighted by Gasteiger charge is -2.13. The highest BCUT2D eigenvalue weighted by Gasteiger charge is 2.01. The van der Waals surface area contributed by atoms with E-state index < -0.39 is 0 Å². The van der Waals surface area contributed by atoms with Gasteiger partial charge in [-0.3, -0.25) is 0 Å². The van der Waals surface area contributed by atoms with E-state index in [4.69, 9.17) is 11.6 Å². The van der Waals surface area contributed by atoms with Crippen LogP contribution < -0.4 is 5.32 Å². The van der Waals surface area contributed by atoms with Crippen molar-refractivity contribution in [2.45, 2.75) is 25.8 Å². The van der Waals surface area contributed by atoms with Crippen LogP contribution in [-0.2, 0) is 0 Å². The second-order valence-electron chi connectivity index (χ2n) is 3.24. The molecule has 0 spiro atoms. The van der Waals surface area contributed by atoms with Crippen molar-refractivity contribution < 1.29 is 0 Å². The van der Waals surface area contributed by atoms with Crippen LogP contribution in [0.3, 0.4) is 0 Å². The van der Waals surface area contributed by atoms with Gasteiger partial charge in [-0.2, -0.15) is 0 Å².